The van der Waals surface area contributed by atoms with E-state index >= 15 is 0 Å². The van der Waals surface area contributed by atoms with Crippen LogP contribution in [0.25, 0.3) is 11.0 Å². The Hall–Kier alpha value is -2.80. The van der Waals surface area contributed by atoms with E-state index in [0.29, 0.717) is 24.2 Å². The molecule has 146 valence electrons. The van der Waals surface area contributed by atoms with E-state index in [1.54, 1.807) is 28.9 Å². The molecule has 3 aromatic rings. The van der Waals surface area contributed by atoms with Crippen molar-refractivity contribution < 1.29 is 9.18 Å². The molecule has 4 rings (SSSR count). The molecule has 0 spiro atoms. The molecule has 1 amide bonds. The zero-order chi connectivity index (χ0) is 19.3. The molecule has 0 unspecified atom stereocenters. The van der Waals surface area contributed by atoms with Gasteiger partial charge in [0.2, 0.25) is 0 Å². The zero-order valence-corrected chi connectivity index (χ0v) is 15.8. The van der Waals surface area contributed by atoms with Crippen LogP contribution >= 0.6 is 0 Å². The molecule has 28 heavy (non-hydrogen) atoms. The molecule has 7 heteroatoms. The van der Waals surface area contributed by atoms with Gasteiger partial charge >= 0.3 is 0 Å². The maximum atomic E-state index is 13.1. The summed E-state index contributed by atoms with van der Waals surface area (Å²) >= 11 is 0. The molecule has 2 aromatic carbocycles. The molecule has 6 nitrogen and oxygen atoms in total. The highest BCUT2D eigenvalue weighted by atomic mass is 19.1. The van der Waals surface area contributed by atoms with Crippen LogP contribution in [0.5, 0.6) is 0 Å². The molecule has 1 aliphatic heterocycles. The number of hydrogen-bond donors (Lipinski definition) is 1. The number of hydrogen-bond acceptors (Lipinski definition) is 4. The van der Waals surface area contributed by atoms with Gasteiger partial charge in [0.1, 0.15) is 11.3 Å². The van der Waals surface area contributed by atoms with Crippen molar-refractivity contribution in [3.8, 4) is 0 Å². The predicted octanol–water partition coefficient (Wildman–Crippen LogP) is 2.83. The highest BCUT2D eigenvalue weighted by Gasteiger charge is 2.12. The quantitative estimate of drug-likeness (QED) is 0.713. The van der Waals surface area contributed by atoms with Crippen molar-refractivity contribution in [3.63, 3.8) is 0 Å². The standard InChI is InChI=1S/C21H24FN5O/c22-18-7-4-16(5-8-18)15-27-20-9-6-17(14-19(20)24-25-27)21(28)23-10-13-26-11-2-1-3-12-26/h4-9,14H,1-3,10-13,15H2,(H,23,28). The van der Waals surface area contributed by atoms with Gasteiger partial charge in [0.05, 0.1) is 12.1 Å². The number of likely N-dealkylation sites (tertiary alicyclic amines) is 1. The van der Waals surface area contributed by atoms with Crippen molar-refractivity contribution in [2.45, 2.75) is 25.8 Å². The Bertz CT molecular complexity index is 947. The molecule has 1 aliphatic rings. The molecule has 0 radical (unpaired) electrons. The first-order chi connectivity index (χ1) is 13.7. The summed E-state index contributed by atoms with van der Waals surface area (Å²) in [6.45, 7) is 4.28. The van der Waals surface area contributed by atoms with E-state index in [1.165, 1.54) is 31.4 Å². The zero-order valence-electron chi connectivity index (χ0n) is 15.8. The number of carbonyl (C=O) groups is 1. The van der Waals surface area contributed by atoms with Gasteiger partial charge in [0.25, 0.3) is 5.91 Å². The fraction of sp³-hybridized carbons (Fsp3) is 0.381. The largest absolute Gasteiger partial charge is 0.351 e. The lowest BCUT2D eigenvalue weighted by Gasteiger charge is -2.26. The summed E-state index contributed by atoms with van der Waals surface area (Å²) in [6, 6.07) is 11.7. The Kier molecular flexibility index (Phi) is 5.62. The van der Waals surface area contributed by atoms with E-state index < -0.39 is 0 Å². The lowest BCUT2D eigenvalue weighted by molar-refractivity contribution is 0.0946. The Labute approximate surface area is 163 Å². The number of halogens is 1. The second-order valence-corrected chi connectivity index (χ2v) is 7.24. The van der Waals surface area contributed by atoms with Crippen LogP contribution in [0.15, 0.2) is 42.5 Å². The Morgan fingerprint density at radius 2 is 1.86 bits per heavy atom. The van der Waals surface area contributed by atoms with Crippen LogP contribution in [0.1, 0.15) is 35.2 Å². The van der Waals surface area contributed by atoms with Crippen LogP contribution in [-0.4, -0.2) is 52.0 Å². The normalized spacial score (nSPS) is 15.0. The Morgan fingerprint density at radius 3 is 2.64 bits per heavy atom. The van der Waals surface area contributed by atoms with Crippen LogP contribution in [0.4, 0.5) is 4.39 Å². The van der Waals surface area contributed by atoms with Gasteiger partial charge in [-0.25, -0.2) is 9.07 Å². The number of amides is 1. The fourth-order valence-corrected chi connectivity index (χ4v) is 3.61. The van der Waals surface area contributed by atoms with Crippen molar-refractivity contribution in [3.05, 3.63) is 59.4 Å². The second kappa shape index (κ2) is 8.48. The SMILES string of the molecule is O=C(NCCN1CCCCC1)c1ccc2c(c1)nnn2Cc1ccc(F)cc1. The van der Waals surface area contributed by atoms with E-state index in [2.05, 4.69) is 20.5 Å². The van der Waals surface area contributed by atoms with E-state index in [-0.39, 0.29) is 11.7 Å². The van der Waals surface area contributed by atoms with Crippen LogP contribution in [0, 0.1) is 5.82 Å². The maximum Gasteiger partial charge on any atom is 0.251 e. The third-order valence-electron chi connectivity index (χ3n) is 5.18. The lowest BCUT2D eigenvalue weighted by Crippen LogP contribution is -2.37. The molecule has 1 N–H and O–H groups in total. The molecule has 1 saturated heterocycles. The van der Waals surface area contributed by atoms with Crippen LogP contribution in [-0.2, 0) is 6.54 Å². The number of nitrogens with zero attached hydrogens (tertiary/aromatic N) is 4. The Balaban J connectivity index is 1.39. The minimum absolute atomic E-state index is 0.0907. The molecule has 1 fully saturated rings. The van der Waals surface area contributed by atoms with Gasteiger partial charge in [0, 0.05) is 18.7 Å². The third kappa shape index (κ3) is 4.36. The first-order valence-electron chi connectivity index (χ1n) is 9.77. The van der Waals surface area contributed by atoms with Crippen LogP contribution < -0.4 is 5.32 Å². The molecular weight excluding hydrogens is 357 g/mol. The highest BCUT2D eigenvalue weighted by molar-refractivity contribution is 5.97. The summed E-state index contributed by atoms with van der Waals surface area (Å²) in [5.74, 6) is -0.352. The summed E-state index contributed by atoms with van der Waals surface area (Å²) < 4.78 is 14.8. The molecule has 2 heterocycles. The summed E-state index contributed by atoms with van der Waals surface area (Å²) in [4.78, 5) is 14.8. The number of aromatic nitrogens is 3. The van der Waals surface area contributed by atoms with Crippen LogP contribution in [0.3, 0.4) is 0 Å². The molecule has 0 bridgehead atoms. The number of fused-ring (bicyclic) bond motifs is 1. The predicted molar refractivity (Wildman–Crippen MR) is 106 cm³/mol. The van der Waals surface area contributed by atoms with Gasteiger partial charge in [-0.1, -0.05) is 23.8 Å². The first-order valence-corrected chi connectivity index (χ1v) is 9.77. The fourth-order valence-electron chi connectivity index (χ4n) is 3.61. The van der Waals surface area contributed by atoms with Crippen molar-refractivity contribution in [1.29, 1.82) is 0 Å². The topological polar surface area (TPSA) is 63.1 Å². The maximum absolute atomic E-state index is 13.1. The van der Waals surface area contributed by atoms with Crippen molar-refractivity contribution in [2.75, 3.05) is 26.2 Å². The van der Waals surface area contributed by atoms with Gasteiger partial charge in [-0.3, -0.25) is 4.79 Å². The molecule has 1 aromatic heterocycles. The monoisotopic (exact) mass is 381 g/mol. The number of carbonyl (C=O) groups excluding carboxylic acids is 1. The summed E-state index contributed by atoms with van der Waals surface area (Å²) in [5.41, 5.74) is 3.03. The smallest absolute Gasteiger partial charge is 0.251 e. The minimum atomic E-state index is -0.261. The van der Waals surface area contributed by atoms with Gasteiger partial charge < -0.3 is 10.2 Å². The number of rotatable bonds is 6. The van der Waals surface area contributed by atoms with Gasteiger partial charge in [-0.2, -0.15) is 0 Å². The third-order valence-corrected chi connectivity index (χ3v) is 5.18. The molecule has 0 aliphatic carbocycles. The highest BCUT2D eigenvalue weighted by Crippen LogP contribution is 2.15. The molecule has 0 saturated carbocycles. The van der Waals surface area contributed by atoms with Gasteiger partial charge in [0.15, 0.2) is 0 Å². The summed E-state index contributed by atoms with van der Waals surface area (Å²) in [5, 5.41) is 11.3. The molecule has 0 atom stereocenters. The summed E-state index contributed by atoms with van der Waals surface area (Å²) in [7, 11) is 0. The molecular formula is C21H24FN5O. The first kappa shape index (κ1) is 18.6. The average Bonchev–Trinajstić information content (AvgIpc) is 3.12. The van der Waals surface area contributed by atoms with E-state index in [1.807, 2.05) is 6.07 Å². The lowest BCUT2D eigenvalue weighted by atomic mass is 10.1. The van der Waals surface area contributed by atoms with Crippen molar-refractivity contribution in [1.82, 2.24) is 25.2 Å². The van der Waals surface area contributed by atoms with E-state index in [9.17, 15) is 9.18 Å². The minimum Gasteiger partial charge on any atom is -0.351 e. The van der Waals surface area contributed by atoms with Crippen molar-refractivity contribution in [2.24, 2.45) is 0 Å². The second-order valence-electron chi connectivity index (χ2n) is 7.24. The van der Waals surface area contributed by atoms with E-state index in [4.69, 9.17) is 0 Å². The van der Waals surface area contributed by atoms with Gasteiger partial charge in [-0.15, -0.1) is 5.10 Å². The number of piperidine rings is 1. The Morgan fingerprint density at radius 1 is 1.07 bits per heavy atom. The summed E-state index contributed by atoms with van der Waals surface area (Å²) in [6.07, 6.45) is 3.81. The van der Waals surface area contributed by atoms with E-state index in [0.717, 1.165) is 30.7 Å². The average molecular weight is 381 g/mol. The number of benzene rings is 2. The van der Waals surface area contributed by atoms with Gasteiger partial charge in [-0.05, 0) is 61.8 Å². The van der Waals surface area contributed by atoms with Crippen molar-refractivity contribution >= 4 is 16.9 Å². The number of nitrogens with one attached hydrogen (secondary N) is 1. The van der Waals surface area contributed by atoms with Crippen LogP contribution in [0.2, 0.25) is 0 Å².